The molecule has 6 N–H and O–H groups in total. The number of methoxy groups -OCH3 is 4. The van der Waals surface area contributed by atoms with Gasteiger partial charge < -0.3 is 49.6 Å². The van der Waals surface area contributed by atoms with Crippen molar-refractivity contribution in [2.75, 3.05) is 28.4 Å². The molecule has 4 aromatic carbocycles. The Morgan fingerprint density at radius 2 is 0.615 bits per heavy atom. The van der Waals surface area contributed by atoms with Crippen LogP contribution in [0, 0.1) is 0 Å². The summed E-state index contributed by atoms with van der Waals surface area (Å²) in [4.78, 5) is 51.4. The third-order valence-electron chi connectivity index (χ3n) is 9.64. The van der Waals surface area contributed by atoms with Gasteiger partial charge in [-0.15, -0.1) is 0 Å². The van der Waals surface area contributed by atoms with Gasteiger partial charge in [0, 0.05) is 23.7 Å². The molecule has 0 heterocycles. The molecular weight excluding hydrogens is 680 g/mol. The summed E-state index contributed by atoms with van der Waals surface area (Å²) in [5.74, 6) is -10.8. The lowest BCUT2D eigenvalue weighted by Crippen LogP contribution is -2.49. The lowest BCUT2D eigenvalue weighted by atomic mass is 9.55. The molecule has 0 radical (unpaired) electrons. The van der Waals surface area contributed by atoms with Crippen molar-refractivity contribution >= 4 is 23.9 Å². The maximum atomic E-state index is 13.0. The van der Waals surface area contributed by atoms with Crippen LogP contribution in [-0.4, -0.2) is 95.2 Å². The molecule has 52 heavy (non-hydrogen) atoms. The van der Waals surface area contributed by atoms with Crippen molar-refractivity contribution in [1.29, 1.82) is 0 Å². The van der Waals surface area contributed by atoms with Crippen LogP contribution in [0.2, 0.25) is 0 Å². The first-order valence-corrected chi connectivity index (χ1v) is 15.8. The van der Waals surface area contributed by atoms with Crippen LogP contribution in [-0.2, 0) is 0 Å². The molecule has 0 spiro atoms. The summed E-state index contributed by atoms with van der Waals surface area (Å²) in [5.41, 5.74) is -1.48. The number of hydrogen-bond acceptors (Lipinski definition) is 10. The molecule has 1 aliphatic carbocycles. The molecule has 4 aromatic rings. The maximum Gasteiger partial charge on any atom is 0.335 e. The Labute approximate surface area is 297 Å². The number of carboxylic acids is 4. The highest BCUT2D eigenvalue weighted by Gasteiger charge is 2.54. The summed E-state index contributed by atoms with van der Waals surface area (Å²) in [6.07, 6.45) is -3.84. The average molecular weight is 717 g/mol. The first-order valence-electron chi connectivity index (χ1n) is 15.8. The Hall–Kier alpha value is -6.12. The van der Waals surface area contributed by atoms with Gasteiger partial charge in [0.2, 0.25) is 0 Å². The monoisotopic (exact) mass is 716 g/mol. The zero-order valence-electron chi connectivity index (χ0n) is 28.3. The fourth-order valence-electron chi connectivity index (χ4n) is 7.38. The SMILES string of the molecule is COc1ccc(C(=O)O)c([C@@H]2[C@H](c3cc(OC)ccc3C(=O)O)[C@H](c3cc(OC)ccc3C(=O)O)[C@H](O)[C@H](O)[C@@H]2c2cc(OC)ccc2C(=O)O)c1. The lowest BCUT2D eigenvalue weighted by molar-refractivity contribution is -0.0522. The number of rotatable bonds is 12. The number of aliphatic hydroxyl groups excluding tert-OH is 2. The Balaban J connectivity index is 2.05. The highest BCUT2D eigenvalue weighted by molar-refractivity contribution is 5.93. The topological polar surface area (TPSA) is 227 Å². The molecule has 6 atom stereocenters. The molecule has 0 bridgehead atoms. The second kappa shape index (κ2) is 15.0. The molecule has 272 valence electrons. The second-order valence-electron chi connectivity index (χ2n) is 12.1. The van der Waals surface area contributed by atoms with Gasteiger partial charge in [-0.1, -0.05) is 0 Å². The van der Waals surface area contributed by atoms with E-state index in [2.05, 4.69) is 0 Å². The average Bonchev–Trinajstić information content (AvgIpc) is 3.14. The van der Waals surface area contributed by atoms with Gasteiger partial charge >= 0.3 is 23.9 Å². The third-order valence-corrected chi connectivity index (χ3v) is 9.64. The Bertz CT molecular complexity index is 1890. The highest BCUT2D eigenvalue weighted by Crippen LogP contribution is 2.60. The lowest BCUT2D eigenvalue weighted by Gasteiger charge is -2.50. The molecule has 0 aromatic heterocycles. The van der Waals surface area contributed by atoms with Gasteiger partial charge in [0.05, 0.1) is 62.9 Å². The van der Waals surface area contributed by atoms with E-state index in [0.717, 1.165) is 0 Å². The van der Waals surface area contributed by atoms with Crippen LogP contribution in [0.25, 0.3) is 0 Å². The minimum absolute atomic E-state index is 0.0316. The van der Waals surface area contributed by atoms with E-state index in [4.69, 9.17) is 18.9 Å². The van der Waals surface area contributed by atoms with Gasteiger partial charge in [-0.2, -0.15) is 0 Å². The Morgan fingerprint density at radius 1 is 0.404 bits per heavy atom. The first-order chi connectivity index (χ1) is 24.8. The van der Waals surface area contributed by atoms with E-state index in [9.17, 15) is 49.8 Å². The van der Waals surface area contributed by atoms with Gasteiger partial charge in [-0.25, -0.2) is 19.2 Å². The number of aromatic carboxylic acids is 4. The standard InChI is InChI=1S/C38H36O14/c1-49-17-5-9-21(35(41)42)25(13-17)29-30(26-14-18(50-2)6-10-22(26)36(43)44)32(28-16-20(52-4)8-12-24(28)38(47)48)34(40)33(39)31(29)27-15-19(51-3)7-11-23(27)37(45)46/h5-16,29-34,39-40H,1-4H3,(H,41,42)(H,43,44)(H,45,46)(H,47,48)/t29-,30+,31-,32+,33-,34+. The summed E-state index contributed by atoms with van der Waals surface area (Å²) < 4.78 is 21.8. The van der Waals surface area contributed by atoms with Crippen LogP contribution in [0.3, 0.4) is 0 Å². The summed E-state index contributed by atoms with van der Waals surface area (Å²) in [5, 5.41) is 66.4. The molecule has 0 saturated heterocycles. The zero-order valence-corrected chi connectivity index (χ0v) is 28.3. The molecule has 14 nitrogen and oxygen atoms in total. The summed E-state index contributed by atoms with van der Waals surface area (Å²) in [6.45, 7) is 0. The van der Waals surface area contributed by atoms with Crippen molar-refractivity contribution in [1.82, 2.24) is 0 Å². The van der Waals surface area contributed by atoms with Crippen molar-refractivity contribution in [3.63, 3.8) is 0 Å². The predicted octanol–water partition coefficient (Wildman–Crippen LogP) is 4.68. The second-order valence-corrected chi connectivity index (χ2v) is 12.1. The van der Waals surface area contributed by atoms with Crippen LogP contribution >= 0.6 is 0 Å². The van der Waals surface area contributed by atoms with E-state index in [-0.39, 0.29) is 67.5 Å². The molecule has 0 aliphatic heterocycles. The molecule has 1 fully saturated rings. The van der Waals surface area contributed by atoms with Crippen LogP contribution in [0.1, 0.15) is 87.4 Å². The molecular formula is C38H36O14. The van der Waals surface area contributed by atoms with Gasteiger partial charge in [-0.05, 0) is 95.1 Å². The van der Waals surface area contributed by atoms with E-state index in [0.29, 0.717) is 0 Å². The maximum absolute atomic E-state index is 13.0. The number of benzene rings is 4. The number of ether oxygens (including phenoxy) is 4. The van der Waals surface area contributed by atoms with Crippen LogP contribution < -0.4 is 18.9 Å². The van der Waals surface area contributed by atoms with Crippen molar-refractivity contribution in [3.05, 3.63) is 117 Å². The van der Waals surface area contributed by atoms with Gasteiger partial charge in [0.15, 0.2) is 0 Å². The van der Waals surface area contributed by atoms with E-state index >= 15 is 0 Å². The van der Waals surface area contributed by atoms with Crippen molar-refractivity contribution in [3.8, 4) is 23.0 Å². The van der Waals surface area contributed by atoms with Gasteiger partial charge in [-0.3, -0.25) is 0 Å². The number of aliphatic hydroxyl groups is 2. The Morgan fingerprint density at radius 3 is 0.808 bits per heavy atom. The highest BCUT2D eigenvalue weighted by atomic mass is 16.5. The normalized spacial score (nSPS) is 21.1. The molecule has 1 saturated carbocycles. The quantitative estimate of drug-likeness (QED) is 0.117. The zero-order chi connectivity index (χ0) is 38.0. The van der Waals surface area contributed by atoms with E-state index in [1.807, 2.05) is 0 Å². The molecule has 0 amide bonds. The van der Waals surface area contributed by atoms with Crippen LogP contribution in [0.5, 0.6) is 23.0 Å². The number of carboxylic acid groups (broad SMARTS) is 4. The predicted molar refractivity (Wildman–Crippen MR) is 183 cm³/mol. The van der Waals surface area contributed by atoms with E-state index < -0.39 is 59.8 Å². The van der Waals surface area contributed by atoms with E-state index in [1.165, 1.54) is 101 Å². The first kappa shape index (κ1) is 37.1. The van der Waals surface area contributed by atoms with E-state index in [1.54, 1.807) is 0 Å². The number of carbonyl (C=O) groups is 4. The van der Waals surface area contributed by atoms with Gasteiger partial charge in [0.1, 0.15) is 23.0 Å². The van der Waals surface area contributed by atoms with Gasteiger partial charge in [0.25, 0.3) is 0 Å². The fraction of sp³-hybridized carbons (Fsp3) is 0.263. The largest absolute Gasteiger partial charge is 0.497 e. The molecule has 14 heteroatoms. The smallest absolute Gasteiger partial charge is 0.335 e. The van der Waals surface area contributed by atoms with Crippen molar-refractivity contribution in [2.24, 2.45) is 0 Å². The third kappa shape index (κ3) is 6.68. The minimum Gasteiger partial charge on any atom is -0.497 e. The van der Waals surface area contributed by atoms with Crippen LogP contribution in [0.15, 0.2) is 72.8 Å². The fourth-order valence-corrected chi connectivity index (χ4v) is 7.38. The summed E-state index contributed by atoms with van der Waals surface area (Å²) >= 11 is 0. The van der Waals surface area contributed by atoms with Crippen LogP contribution in [0.4, 0.5) is 0 Å². The van der Waals surface area contributed by atoms with Crippen molar-refractivity contribution < 1.29 is 68.8 Å². The Kier molecular flexibility index (Phi) is 10.7. The molecule has 0 unspecified atom stereocenters. The van der Waals surface area contributed by atoms with Crippen molar-refractivity contribution in [2.45, 2.75) is 35.9 Å². The number of hydrogen-bond donors (Lipinski definition) is 6. The molecule has 5 rings (SSSR count). The minimum atomic E-state index is -1.92. The summed E-state index contributed by atoms with van der Waals surface area (Å²) in [6, 6.07) is 15.9. The summed E-state index contributed by atoms with van der Waals surface area (Å²) in [7, 11) is 5.33. The molecule has 1 aliphatic rings.